The van der Waals surface area contributed by atoms with Crippen molar-refractivity contribution in [2.24, 2.45) is 0 Å². The Balaban J connectivity index is 1.82. The lowest BCUT2D eigenvalue weighted by Crippen LogP contribution is -2.33. The molecule has 0 spiro atoms. The maximum atomic E-state index is 8.84. The Morgan fingerprint density at radius 1 is 1.47 bits per heavy atom. The lowest BCUT2D eigenvalue weighted by atomic mass is 10.1. The van der Waals surface area contributed by atoms with Crippen LogP contribution in [-0.2, 0) is 17.9 Å². The Hall–Kier alpha value is -0.840. The molecule has 2 rings (SSSR count). The number of rotatable bonds is 4. The largest absolute Gasteiger partial charge is 0.462 e. The molecule has 1 aliphatic heterocycles. The van der Waals surface area contributed by atoms with E-state index in [1.54, 1.807) is 6.07 Å². The van der Waals surface area contributed by atoms with E-state index >= 15 is 0 Å². The van der Waals surface area contributed by atoms with Gasteiger partial charge in [0.05, 0.1) is 12.6 Å². The fraction of sp³-hybridized carbons (Fsp3) is 0.636. The van der Waals surface area contributed by atoms with Crippen LogP contribution in [0.15, 0.2) is 16.5 Å². The van der Waals surface area contributed by atoms with Gasteiger partial charge in [0.15, 0.2) is 0 Å². The molecule has 2 heterocycles. The first-order chi connectivity index (χ1) is 7.29. The van der Waals surface area contributed by atoms with Crippen LogP contribution in [0.1, 0.15) is 24.9 Å². The van der Waals surface area contributed by atoms with Crippen molar-refractivity contribution >= 4 is 0 Å². The van der Waals surface area contributed by atoms with Gasteiger partial charge < -0.3 is 19.6 Å². The first-order valence-electron chi connectivity index (χ1n) is 5.33. The second-order valence-electron chi connectivity index (χ2n) is 3.88. The van der Waals surface area contributed by atoms with Crippen molar-refractivity contribution in [3.63, 3.8) is 0 Å². The number of aliphatic hydroxyl groups excluding tert-OH is 1. The average molecular weight is 211 g/mol. The molecule has 2 atom stereocenters. The van der Waals surface area contributed by atoms with Crippen LogP contribution >= 0.6 is 0 Å². The summed E-state index contributed by atoms with van der Waals surface area (Å²) in [5.74, 6) is 1.47. The van der Waals surface area contributed by atoms with Gasteiger partial charge >= 0.3 is 0 Å². The van der Waals surface area contributed by atoms with E-state index in [0.29, 0.717) is 18.3 Å². The van der Waals surface area contributed by atoms with E-state index in [-0.39, 0.29) is 12.7 Å². The number of nitrogens with one attached hydrogen (secondary N) is 1. The molecule has 1 saturated heterocycles. The lowest BCUT2D eigenvalue weighted by molar-refractivity contribution is 0.112. The summed E-state index contributed by atoms with van der Waals surface area (Å²) in [6, 6.07) is 4.10. The predicted octanol–water partition coefficient (Wildman–Crippen LogP) is 1.04. The number of hydrogen-bond acceptors (Lipinski definition) is 4. The molecule has 1 fully saturated rings. The summed E-state index contributed by atoms with van der Waals surface area (Å²) in [6.45, 7) is 3.56. The number of aliphatic hydroxyl groups is 1. The Morgan fingerprint density at radius 3 is 2.87 bits per heavy atom. The molecule has 1 aromatic rings. The van der Waals surface area contributed by atoms with Crippen molar-refractivity contribution in [3.8, 4) is 0 Å². The van der Waals surface area contributed by atoms with Crippen molar-refractivity contribution in [1.29, 1.82) is 0 Å². The van der Waals surface area contributed by atoms with Gasteiger partial charge in [0.1, 0.15) is 18.1 Å². The van der Waals surface area contributed by atoms with Crippen molar-refractivity contribution in [3.05, 3.63) is 23.7 Å². The van der Waals surface area contributed by atoms with Crippen LogP contribution in [0.3, 0.4) is 0 Å². The quantitative estimate of drug-likeness (QED) is 0.781. The SMILES string of the molecule is CC1OCCC1NCc1ccc(CO)o1. The van der Waals surface area contributed by atoms with Crippen LogP contribution < -0.4 is 5.32 Å². The van der Waals surface area contributed by atoms with Crippen molar-refractivity contribution < 1.29 is 14.3 Å². The molecule has 4 nitrogen and oxygen atoms in total. The predicted molar refractivity (Wildman–Crippen MR) is 55.3 cm³/mol. The standard InChI is InChI=1S/C11H17NO3/c1-8-11(4-5-14-8)12-6-9-2-3-10(7-13)15-9/h2-3,8,11-13H,4-7H2,1H3. The zero-order chi connectivity index (χ0) is 10.7. The zero-order valence-electron chi connectivity index (χ0n) is 8.90. The van der Waals surface area contributed by atoms with Gasteiger partial charge in [0.2, 0.25) is 0 Å². The van der Waals surface area contributed by atoms with Gasteiger partial charge in [0, 0.05) is 12.6 Å². The summed E-state index contributed by atoms with van der Waals surface area (Å²) < 4.78 is 10.8. The van der Waals surface area contributed by atoms with Gasteiger partial charge in [-0.25, -0.2) is 0 Å². The molecule has 15 heavy (non-hydrogen) atoms. The molecule has 84 valence electrons. The minimum absolute atomic E-state index is 0.0387. The summed E-state index contributed by atoms with van der Waals surface area (Å²) >= 11 is 0. The molecule has 2 N–H and O–H groups in total. The van der Waals surface area contributed by atoms with E-state index < -0.39 is 0 Å². The fourth-order valence-electron chi connectivity index (χ4n) is 1.83. The molecule has 0 aromatic carbocycles. The van der Waals surface area contributed by atoms with E-state index in [1.807, 2.05) is 6.07 Å². The van der Waals surface area contributed by atoms with Gasteiger partial charge in [0.25, 0.3) is 0 Å². The van der Waals surface area contributed by atoms with Crippen LogP contribution in [0.2, 0.25) is 0 Å². The molecule has 0 amide bonds. The maximum Gasteiger partial charge on any atom is 0.129 e. The average Bonchev–Trinajstić information content (AvgIpc) is 2.84. The second-order valence-corrected chi connectivity index (χ2v) is 3.88. The van der Waals surface area contributed by atoms with Gasteiger partial charge in [-0.05, 0) is 25.5 Å². The number of hydrogen-bond donors (Lipinski definition) is 2. The van der Waals surface area contributed by atoms with Crippen LogP contribution in [0, 0.1) is 0 Å². The smallest absolute Gasteiger partial charge is 0.129 e. The van der Waals surface area contributed by atoms with Crippen LogP contribution in [0.4, 0.5) is 0 Å². The molecular weight excluding hydrogens is 194 g/mol. The van der Waals surface area contributed by atoms with Gasteiger partial charge in [-0.3, -0.25) is 0 Å². The molecule has 0 radical (unpaired) electrons. The fourth-order valence-corrected chi connectivity index (χ4v) is 1.83. The van der Waals surface area contributed by atoms with Crippen LogP contribution in [0.25, 0.3) is 0 Å². The first kappa shape index (κ1) is 10.7. The lowest BCUT2D eigenvalue weighted by Gasteiger charge is -2.14. The first-order valence-corrected chi connectivity index (χ1v) is 5.33. The monoisotopic (exact) mass is 211 g/mol. The van der Waals surface area contributed by atoms with E-state index in [0.717, 1.165) is 18.8 Å². The third kappa shape index (κ3) is 2.59. The Bertz CT molecular complexity index is 311. The van der Waals surface area contributed by atoms with Crippen molar-refractivity contribution in [1.82, 2.24) is 5.32 Å². The molecule has 0 aliphatic carbocycles. The van der Waals surface area contributed by atoms with E-state index in [2.05, 4.69) is 12.2 Å². The van der Waals surface area contributed by atoms with Gasteiger partial charge in [-0.15, -0.1) is 0 Å². The highest BCUT2D eigenvalue weighted by atomic mass is 16.5. The summed E-state index contributed by atoms with van der Waals surface area (Å²) in [6.07, 6.45) is 1.33. The summed E-state index contributed by atoms with van der Waals surface area (Å²) in [5, 5.41) is 12.2. The second kappa shape index (κ2) is 4.79. The summed E-state index contributed by atoms with van der Waals surface area (Å²) in [4.78, 5) is 0. The minimum Gasteiger partial charge on any atom is -0.462 e. The molecule has 0 saturated carbocycles. The van der Waals surface area contributed by atoms with Gasteiger partial charge in [-0.2, -0.15) is 0 Å². The molecular formula is C11H17NO3. The van der Waals surface area contributed by atoms with Crippen LogP contribution in [0.5, 0.6) is 0 Å². The maximum absolute atomic E-state index is 8.84. The molecule has 0 bridgehead atoms. The highest BCUT2D eigenvalue weighted by Gasteiger charge is 2.23. The number of furan rings is 1. The third-order valence-electron chi connectivity index (χ3n) is 2.79. The number of ether oxygens (including phenoxy) is 1. The molecule has 4 heteroatoms. The van der Waals surface area contributed by atoms with Gasteiger partial charge in [-0.1, -0.05) is 0 Å². The highest BCUT2D eigenvalue weighted by molar-refractivity contribution is 5.06. The summed E-state index contributed by atoms with van der Waals surface area (Å²) in [7, 11) is 0. The molecule has 2 unspecified atom stereocenters. The Labute approximate surface area is 89.2 Å². The molecule has 1 aromatic heterocycles. The summed E-state index contributed by atoms with van der Waals surface area (Å²) in [5.41, 5.74) is 0. The van der Waals surface area contributed by atoms with Crippen molar-refractivity contribution in [2.45, 2.75) is 38.6 Å². The van der Waals surface area contributed by atoms with E-state index in [9.17, 15) is 0 Å². The minimum atomic E-state index is -0.0387. The van der Waals surface area contributed by atoms with Crippen LogP contribution in [-0.4, -0.2) is 23.9 Å². The zero-order valence-corrected chi connectivity index (χ0v) is 8.90. The molecule has 1 aliphatic rings. The highest BCUT2D eigenvalue weighted by Crippen LogP contribution is 2.14. The topological polar surface area (TPSA) is 54.6 Å². The van der Waals surface area contributed by atoms with Crippen molar-refractivity contribution in [2.75, 3.05) is 6.61 Å². The Kier molecular flexibility index (Phi) is 3.41. The van der Waals surface area contributed by atoms with E-state index in [1.165, 1.54) is 0 Å². The Morgan fingerprint density at radius 2 is 2.27 bits per heavy atom. The van der Waals surface area contributed by atoms with E-state index in [4.69, 9.17) is 14.3 Å². The normalized spacial score (nSPS) is 26.0. The third-order valence-corrected chi connectivity index (χ3v) is 2.79.